The number of carbonyl (C=O) groups is 2. The van der Waals surface area contributed by atoms with E-state index in [0.717, 1.165) is 18.6 Å². The maximum absolute atomic E-state index is 12.4. The van der Waals surface area contributed by atoms with Crippen molar-refractivity contribution in [2.45, 2.75) is 90.4 Å². The van der Waals surface area contributed by atoms with Crippen LogP contribution in [0.15, 0.2) is 28.7 Å². The fraction of sp³-hybridized carbons (Fsp3) is 0.556. The molecule has 0 unspecified atom stereocenters. The smallest absolute Gasteiger partial charge is 0.303 e. The molecule has 1 aliphatic rings. The number of fused-ring (bicyclic) bond motifs is 1. The predicted molar refractivity (Wildman–Crippen MR) is 126 cm³/mol. The van der Waals surface area contributed by atoms with Crippen LogP contribution < -0.4 is 5.32 Å². The van der Waals surface area contributed by atoms with Gasteiger partial charge in [-0.15, -0.1) is 0 Å². The first kappa shape index (κ1) is 24.1. The molecule has 0 aliphatic heterocycles. The minimum atomic E-state index is -0.779. The van der Waals surface area contributed by atoms with E-state index in [0.29, 0.717) is 25.1 Å². The van der Waals surface area contributed by atoms with Crippen molar-refractivity contribution in [3.8, 4) is 0 Å². The molecular formula is C27H37NO4. The monoisotopic (exact) mass is 439 g/mol. The molecule has 0 bridgehead atoms. The summed E-state index contributed by atoms with van der Waals surface area (Å²) in [6, 6.07) is 8.32. The summed E-state index contributed by atoms with van der Waals surface area (Å²) in [7, 11) is 0. The molecule has 0 saturated carbocycles. The van der Waals surface area contributed by atoms with Crippen LogP contribution in [0.1, 0.15) is 105 Å². The molecule has 174 valence electrons. The minimum Gasteiger partial charge on any atom is -0.481 e. The highest BCUT2D eigenvalue weighted by molar-refractivity contribution is 5.91. The van der Waals surface area contributed by atoms with Crippen LogP contribution in [-0.2, 0) is 22.0 Å². The number of carbonyl (C=O) groups excluding carboxylic acids is 1. The molecule has 0 saturated heterocycles. The number of nitrogens with one attached hydrogen (secondary N) is 1. The highest BCUT2D eigenvalue weighted by Gasteiger charge is 2.37. The Balaban J connectivity index is 1.64. The summed E-state index contributed by atoms with van der Waals surface area (Å²) in [5.41, 5.74) is 5.75. The number of unbranched alkanes of at least 4 members (excludes halogenated alkanes) is 2. The minimum absolute atomic E-state index is 0.159. The molecule has 0 atom stereocenters. The second kappa shape index (κ2) is 9.51. The quantitative estimate of drug-likeness (QED) is 0.477. The summed E-state index contributed by atoms with van der Waals surface area (Å²) < 4.78 is 5.86. The molecule has 1 aromatic heterocycles. The van der Waals surface area contributed by atoms with Crippen molar-refractivity contribution in [3.05, 3.63) is 58.0 Å². The van der Waals surface area contributed by atoms with Crippen molar-refractivity contribution in [3.63, 3.8) is 0 Å². The lowest BCUT2D eigenvalue weighted by molar-refractivity contribution is -0.137. The van der Waals surface area contributed by atoms with E-state index in [9.17, 15) is 9.59 Å². The molecule has 0 radical (unpaired) electrons. The predicted octanol–water partition coefficient (Wildman–Crippen LogP) is 5.90. The van der Waals surface area contributed by atoms with Gasteiger partial charge in [-0.05, 0) is 77.8 Å². The van der Waals surface area contributed by atoms with Gasteiger partial charge in [-0.2, -0.15) is 0 Å². The molecular weight excluding hydrogens is 402 g/mol. The zero-order valence-corrected chi connectivity index (χ0v) is 20.1. The summed E-state index contributed by atoms with van der Waals surface area (Å²) in [6.07, 6.45) is 5.38. The highest BCUT2D eigenvalue weighted by atomic mass is 16.4. The fourth-order valence-electron chi connectivity index (χ4n) is 4.61. The van der Waals surface area contributed by atoms with Crippen molar-refractivity contribution in [2.24, 2.45) is 0 Å². The van der Waals surface area contributed by atoms with Crippen LogP contribution in [0.3, 0.4) is 0 Å². The molecule has 32 heavy (non-hydrogen) atoms. The van der Waals surface area contributed by atoms with Crippen LogP contribution in [0.2, 0.25) is 0 Å². The van der Waals surface area contributed by atoms with E-state index in [1.54, 1.807) is 6.07 Å². The average Bonchev–Trinajstić information content (AvgIpc) is 3.18. The molecule has 2 aromatic rings. The van der Waals surface area contributed by atoms with Crippen LogP contribution in [0.25, 0.3) is 0 Å². The third-order valence-electron chi connectivity index (χ3n) is 6.91. The number of carboxylic acid groups (broad SMARTS) is 1. The van der Waals surface area contributed by atoms with Gasteiger partial charge in [-0.1, -0.05) is 46.2 Å². The maximum Gasteiger partial charge on any atom is 0.303 e. The normalized spacial score (nSPS) is 16.4. The Morgan fingerprint density at radius 2 is 1.66 bits per heavy atom. The SMILES string of the molecule is Cc1cc2c(cc1Cc1ccc(C(=O)NCCCCCC(=O)O)o1)C(C)(C)CCC2(C)C. The van der Waals surface area contributed by atoms with E-state index in [-0.39, 0.29) is 23.2 Å². The Kier molecular flexibility index (Phi) is 7.16. The molecule has 0 fully saturated rings. The van der Waals surface area contributed by atoms with Crippen molar-refractivity contribution in [2.75, 3.05) is 6.54 Å². The zero-order chi connectivity index (χ0) is 23.5. The first-order valence-corrected chi connectivity index (χ1v) is 11.7. The molecule has 1 amide bonds. The molecule has 5 nitrogen and oxygen atoms in total. The molecule has 3 rings (SSSR count). The Morgan fingerprint density at radius 3 is 2.31 bits per heavy atom. The summed E-state index contributed by atoms with van der Waals surface area (Å²) in [5.74, 6) is 0.105. The van der Waals surface area contributed by atoms with E-state index in [1.165, 1.54) is 35.1 Å². The molecule has 1 aliphatic carbocycles. The number of carboxylic acids is 1. The van der Waals surface area contributed by atoms with Gasteiger partial charge in [0.15, 0.2) is 5.76 Å². The van der Waals surface area contributed by atoms with Gasteiger partial charge in [0, 0.05) is 19.4 Å². The van der Waals surface area contributed by atoms with Crippen LogP contribution in [0, 0.1) is 6.92 Å². The van der Waals surface area contributed by atoms with Gasteiger partial charge in [0.2, 0.25) is 0 Å². The van der Waals surface area contributed by atoms with Gasteiger partial charge < -0.3 is 14.8 Å². The summed E-state index contributed by atoms with van der Waals surface area (Å²) in [5, 5.41) is 11.5. The van der Waals surface area contributed by atoms with Crippen molar-refractivity contribution in [1.82, 2.24) is 5.32 Å². The Labute approximate surface area is 191 Å². The van der Waals surface area contributed by atoms with Gasteiger partial charge in [0.1, 0.15) is 5.76 Å². The third kappa shape index (κ3) is 5.62. The third-order valence-corrected chi connectivity index (χ3v) is 6.91. The Hall–Kier alpha value is -2.56. The largest absolute Gasteiger partial charge is 0.481 e. The summed E-state index contributed by atoms with van der Waals surface area (Å²) in [4.78, 5) is 22.9. The van der Waals surface area contributed by atoms with E-state index in [2.05, 4.69) is 52.1 Å². The van der Waals surface area contributed by atoms with Crippen LogP contribution in [0.4, 0.5) is 0 Å². The van der Waals surface area contributed by atoms with Crippen LogP contribution in [0.5, 0.6) is 0 Å². The number of hydrogen-bond acceptors (Lipinski definition) is 3. The molecule has 0 spiro atoms. The van der Waals surface area contributed by atoms with E-state index >= 15 is 0 Å². The molecule has 1 aromatic carbocycles. The second-order valence-electron chi connectivity index (χ2n) is 10.5. The van der Waals surface area contributed by atoms with Crippen molar-refractivity contribution in [1.29, 1.82) is 0 Å². The first-order chi connectivity index (χ1) is 15.0. The van der Waals surface area contributed by atoms with Crippen molar-refractivity contribution < 1.29 is 19.1 Å². The standard InChI is InChI=1S/C27H37NO4/c1-18-15-21-22(27(4,5)13-12-26(21,2)3)17-19(18)16-20-10-11-23(32-20)25(31)28-14-8-6-7-9-24(29)30/h10-11,15,17H,6-9,12-14,16H2,1-5H3,(H,28,31)(H,29,30). The number of amides is 1. The van der Waals surface area contributed by atoms with Crippen LogP contribution in [-0.4, -0.2) is 23.5 Å². The summed E-state index contributed by atoms with van der Waals surface area (Å²) >= 11 is 0. The first-order valence-electron chi connectivity index (χ1n) is 11.7. The van der Waals surface area contributed by atoms with E-state index in [4.69, 9.17) is 9.52 Å². The number of aliphatic carboxylic acids is 1. The highest BCUT2D eigenvalue weighted by Crippen LogP contribution is 2.46. The second-order valence-corrected chi connectivity index (χ2v) is 10.5. The van der Waals surface area contributed by atoms with Crippen LogP contribution >= 0.6 is 0 Å². The average molecular weight is 440 g/mol. The van der Waals surface area contributed by atoms with Gasteiger partial charge >= 0.3 is 5.97 Å². The topological polar surface area (TPSA) is 79.5 Å². The maximum atomic E-state index is 12.4. The van der Waals surface area contributed by atoms with E-state index in [1.807, 2.05) is 6.07 Å². The van der Waals surface area contributed by atoms with Gasteiger partial charge in [0.25, 0.3) is 5.91 Å². The Bertz CT molecular complexity index is 984. The number of aryl methyl sites for hydroxylation is 1. The van der Waals surface area contributed by atoms with Gasteiger partial charge in [-0.3, -0.25) is 9.59 Å². The number of benzene rings is 1. The van der Waals surface area contributed by atoms with Crippen molar-refractivity contribution >= 4 is 11.9 Å². The van der Waals surface area contributed by atoms with Gasteiger partial charge in [-0.25, -0.2) is 0 Å². The lowest BCUT2D eigenvalue weighted by atomic mass is 9.62. The number of furan rings is 1. The molecule has 2 N–H and O–H groups in total. The zero-order valence-electron chi connectivity index (χ0n) is 20.1. The number of hydrogen-bond donors (Lipinski definition) is 2. The van der Waals surface area contributed by atoms with Gasteiger partial charge in [0.05, 0.1) is 0 Å². The Morgan fingerprint density at radius 1 is 1.00 bits per heavy atom. The summed E-state index contributed by atoms with van der Waals surface area (Å²) in [6.45, 7) is 12.0. The lowest BCUT2D eigenvalue weighted by Gasteiger charge is -2.42. The number of rotatable bonds is 9. The fourth-order valence-corrected chi connectivity index (χ4v) is 4.61. The lowest BCUT2D eigenvalue weighted by Crippen LogP contribution is -2.34. The molecule has 5 heteroatoms. The van der Waals surface area contributed by atoms with E-state index < -0.39 is 5.97 Å². The molecule has 1 heterocycles.